The molecule has 2 aliphatic rings. The molecule has 4 rings (SSSR count). The van der Waals surface area contributed by atoms with Gasteiger partial charge < -0.3 is 15.4 Å². The number of halogens is 3. The Kier molecular flexibility index (Phi) is 6.47. The molecule has 1 saturated heterocycles. The van der Waals surface area contributed by atoms with Gasteiger partial charge in [0.15, 0.2) is 11.6 Å². The number of rotatable bonds is 3. The largest absolute Gasteiger partial charge is 0.376 e. The number of carbonyl (C=O) groups excluding carboxylic acids is 1. The fourth-order valence-electron chi connectivity index (χ4n) is 3.65. The molecule has 0 radical (unpaired) electrons. The molecule has 8 heteroatoms. The van der Waals surface area contributed by atoms with E-state index < -0.39 is 11.6 Å². The molecule has 1 aromatic carbocycles. The average Bonchev–Trinajstić information content (AvgIpc) is 3.09. The number of piperidine rings is 1. The Balaban J connectivity index is 0.00000210. The summed E-state index contributed by atoms with van der Waals surface area (Å²) in [5.41, 5.74) is 1.81. The highest BCUT2D eigenvalue weighted by molar-refractivity contribution is 7.14. The first-order valence-corrected chi connectivity index (χ1v) is 9.59. The van der Waals surface area contributed by atoms with Crippen LogP contribution in [-0.2, 0) is 17.8 Å². The molecule has 1 amide bonds. The van der Waals surface area contributed by atoms with Crippen molar-refractivity contribution in [1.29, 1.82) is 0 Å². The molecule has 4 nitrogen and oxygen atoms in total. The van der Waals surface area contributed by atoms with Crippen LogP contribution in [-0.4, -0.2) is 31.6 Å². The predicted octanol–water partition coefficient (Wildman–Crippen LogP) is 3.40. The van der Waals surface area contributed by atoms with Gasteiger partial charge in [-0.15, -0.1) is 23.7 Å². The van der Waals surface area contributed by atoms with Crippen LogP contribution in [0.3, 0.4) is 0 Å². The number of hydrogen-bond acceptors (Lipinski definition) is 4. The van der Waals surface area contributed by atoms with Gasteiger partial charge in [-0.05, 0) is 42.3 Å². The van der Waals surface area contributed by atoms with E-state index in [1.807, 2.05) is 6.07 Å². The van der Waals surface area contributed by atoms with Gasteiger partial charge in [0.1, 0.15) is 0 Å². The molecule has 2 N–H and O–H groups in total. The summed E-state index contributed by atoms with van der Waals surface area (Å²) in [5.74, 6) is -1.87. The van der Waals surface area contributed by atoms with E-state index in [1.165, 1.54) is 22.3 Å². The lowest BCUT2D eigenvalue weighted by Crippen LogP contribution is -2.49. The average molecular weight is 415 g/mol. The van der Waals surface area contributed by atoms with Gasteiger partial charge in [0.2, 0.25) is 0 Å². The van der Waals surface area contributed by atoms with Crippen LogP contribution in [0.1, 0.15) is 38.0 Å². The van der Waals surface area contributed by atoms with Crippen LogP contribution in [0.25, 0.3) is 0 Å². The van der Waals surface area contributed by atoms with Crippen molar-refractivity contribution in [3.63, 3.8) is 0 Å². The third-order valence-electron chi connectivity index (χ3n) is 5.02. The van der Waals surface area contributed by atoms with Crippen molar-refractivity contribution in [1.82, 2.24) is 10.6 Å². The van der Waals surface area contributed by atoms with Crippen molar-refractivity contribution in [2.45, 2.75) is 31.4 Å². The topological polar surface area (TPSA) is 50.4 Å². The van der Waals surface area contributed by atoms with Crippen molar-refractivity contribution in [3.05, 3.63) is 56.8 Å². The summed E-state index contributed by atoms with van der Waals surface area (Å²) in [7, 11) is 0. The fourth-order valence-corrected chi connectivity index (χ4v) is 4.70. The molecular formula is C19H21ClF2N2O2S. The first-order valence-electron chi connectivity index (χ1n) is 8.77. The minimum atomic E-state index is -0.852. The number of thiophene rings is 1. The molecule has 27 heavy (non-hydrogen) atoms. The molecule has 146 valence electrons. The summed E-state index contributed by atoms with van der Waals surface area (Å²) in [6.07, 6.45) is 1.60. The van der Waals surface area contributed by atoms with Gasteiger partial charge in [-0.25, -0.2) is 8.78 Å². The van der Waals surface area contributed by atoms with Crippen LogP contribution >= 0.6 is 23.7 Å². The maximum absolute atomic E-state index is 13.6. The first-order chi connectivity index (χ1) is 12.6. The van der Waals surface area contributed by atoms with Gasteiger partial charge in [0.05, 0.1) is 18.1 Å². The van der Waals surface area contributed by atoms with Crippen LogP contribution in [0.15, 0.2) is 24.3 Å². The third kappa shape index (κ3) is 4.32. The SMILES string of the molecule is Cl.O=C(NC1CNCCC1c1ccc(F)c(F)c1)c1cc2c(s1)CCOC2. The highest BCUT2D eigenvalue weighted by Crippen LogP contribution is 2.29. The lowest BCUT2D eigenvalue weighted by atomic mass is 9.86. The number of fused-ring (bicyclic) bond motifs is 1. The van der Waals surface area contributed by atoms with E-state index >= 15 is 0 Å². The maximum atomic E-state index is 13.6. The van der Waals surface area contributed by atoms with Crippen molar-refractivity contribution >= 4 is 29.7 Å². The van der Waals surface area contributed by atoms with E-state index in [-0.39, 0.29) is 30.3 Å². The van der Waals surface area contributed by atoms with Gasteiger partial charge in [-0.3, -0.25) is 4.79 Å². The van der Waals surface area contributed by atoms with E-state index in [1.54, 1.807) is 6.07 Å². The summed E-state index contributed by atoms with van der Waals surface area (Å²) in [6, 6.07) is 5.73. The molecule has 1 fully saturated rings. The highest BCUT2D eigenvalue weighted by Gasteiger charge is 2.29. The zero-order chi connectivity index (χ0) is 18.1. The van der Waals surface area contributed by atoms with Crippen LogP contribution in [0.2, 0.25) is 0 Å². The first kappa shape index (κ1) is 20.2. The van der Waals surface area contributed by atoms with Gasteiger partial charge in [-0.2, -0.15) is 0 Å². The molecule has 1 aromatic heterocycles. The van der Waals surface area contributed by atoms with Crippen molar-refractivity contribution in [2.75, 3.05) is 19.7 Å². The fraction of sp³-hybridized carbons (Fsp3) is 0.421. The molecular weight excluding hydrogens is 394 g/mol. The number of benzene rings is 1. The van der Waals surface area contributed by atoms with Crippen LogP contribution in [0.5, 0.6) is 0 Å². The molecule has 0 spiro atoms. The molecule has 0 aliphatic carbocycles. The lowest BCUT2D eigenvalue weighted by Gasteiger charge is -2.33. The molecule has 3 heterocycles. The number of carbonyl (C=O) groups is 1. The lowest BCUT2D eigenvalue weighted by molar-refractivity contribution is 0.0928. The molecule has 2 atom stereocenters. The minimum absolute atomic E-state index is 0. The molecule has 2 aliphatic heterocycles. The Morgan fingerprint density at radius 1 is 1.26 bits per heavy atom. The van der Waals surface area contributed by atoms with Crippen molar-refractivity contribution in [2.24, 2.45) is 0 Å². The summed E-state index contributed by atoms with van der Waals surface area (Å²) < 4.78 is 32.3. The van der Waals surface area contributed by atoms with Gasteiger partial charge >= 0.3 is 0 Å². The van der Waals surface area contributed by atoms with Crippen LogP contribution in [0, 0.1) is 11.6 Å². The Morgan fingerprint density at radius 3 is 2.89 bits per heavy atom. The van der Waals surface area contributed by atoms with E-state index in [0.29, 0.717) is 24.6 Å². The van der Waals surface area contributed by atoms with E-state index in [4.69, 9.17) is 4.74 Å². The smallest absolute Gasteiger partial charge is 0.261 e. The second-order valence-corrected chi connectivity index (χ2v) is 7.85. The standard InChI is InChI=1S/C19H20F2N2O2S.ClH/c20-14-2-1-11(7-15(14)21)13-3-5-22-9-16(13)23-19(24)18-8-12-10-25-6-4-17(12)26-18;/h1-2,7-8,13,16,22H,3-6,9-10H2,(H,23,24);1H. The summed E-state index contributed by atoms with van der Waals surface area (Å²) in [6.45, 7) is 2.63. The number of nitrogens with one attached hydrogen (secondary N) is 2. The minimum Gasteiger partial charge on any atom is -0.376 e. The Morgan fingerprint density at radius 2 is 2.11 bits per heavy atom. The van der Waals surface area contributed by atoms with E-state index in [2.05, 4.69) is 10.6 Å². The van der Waals surface area contributed by atoms with Gasteiger partial charge in [-0.1, -0.05) is 6.07 Å². The summed E-state index contributed by atoms with van der Waals surface area (Å²) in [5, 5.41) is 6.35. The predicted molar refractivity (Wildman–Crippen MR) is 103 cm³/mol. The molecule has 2 unspecified atom stereocenters. The monoisotopic (exact) mass is 414 g/mol. The Labute approximate surface area is 166 Å². The highest BCUT2D eigenvalue weighted by atomic mass is 35.5. The molecule has 2 aromatic rings. The van der Waals surface area contributed by atoms with Crippen LogP contribution < -0.4 is 10.6 Å². The van der Waals surface area contributed by atoms with E-state index in [0.717, 1.165) is 36.6 Å². The number of hydrogen-bond donors (Lipinski definition) is 2. The zero-order valence-electron chi connectivity index (χ0n) is 14.6. The molecule has 0 bridgehead atoms. The van der Waals surface area contributed by atoms with Crippen LogP contribution in [0.4, 0.5) is 8.78 Å². The third-order valence-corrected chi connectivity index (χ3v) is 6.26. The normalized spacial score (nSPS) is 21.9. The maximum Gasteiger partial charge on any atom is 0.261 e. The van der Waals surface area contributed by atoms with Gasteiger partial charge in [0, 0.05) is 29.8 Å². The quantitative estimate of drug-likeness (QED) is 0.809. The van der Waals surface area contributed by atoms with E-state index in [9.17, 15) is 13.6 Å². The number of ether oxygens (including phenoxy) is 1. The Bertz CT molecular complexity index is 807. The second kappa shape index (κ2) is 8.65. The summed E-state index contributed by atoms with van der Waals surface area (Å²) in [4.78, 5) is 14.6. The Hall–Kier alpha value is -1.54. The van der Waals surface area contributed by atoms with Crippen molar-refractivity contribution in [3.8, 4) is 0 Å². The second-order valence-electron chi connectivity index (χ2n) is 6.71. The van der Waals surface area contributed by atoms with Crippen molar-refractivity contribution < 1.29 is 18.3 Å². The number of amides is 1. The zero-order valence-corrected chi connectivity index (χ0v) is 16.2. The summed E-state index contributed by atoms with van der Waals surface area (Å²) >= 11 is 1.51. The molecule has 0 saturated carbocycles. The van der Waals surface area contributed by atoms with Gasteiger partial charge in [0.25, 0.3) is 5.91 Å².